The highest BCUT2D eigenvalue weighted by Crippen LogP contribution is 2.41. The molecule has 0 saturated carbocycles. The molecule has 6 N–H and O–H groups in total. The molecule has 254 valence electrons. The van der Waals surface area contributed by atoms with Gasteiger partial charge in [0.2, 0.25) is 0 Å². The molecule has 0 heterocycles. The van der Waals surface area contributed by atoms with E-state index in [9.17, 15) is 25.9 Å². The Bertz CT molecular complexity index is 2430. The van der Waals surface area contributed by atoms with Crippen LogP contribution in [0, 0.1) is 0 Å². The van der Waals surface area contributed by atoms with Gasteiger partial charge in [-0.25, -0.2) is 0 Å². The first-order valence-electron chi connectivity index (χ1n) is 14.6. The largest absolute Gasteiger partial charge is 0.494 e. The van der Waals surface area contributed by atoms with Crippen LogP contribution in [-0.2, 0) is 20.2 Å². The van der Waals surface area contributed by atoms with Crippen molar-refractivity contribution < 1.29 is 35.4 Å². The van der Waals surface area contributed by atoms with Gasteiger partial charge in [0, 0.05) is 21.5 Å². The summed E-state index contributed by atoms with van der Waals surface area (Å²) in [6.45, 7) is 0. The molecule has 14 nitrogen and oxygen atoms in total. The van der Waals surface area contributed by atoms with Crippen LogP contribution in [0.4, 0.5) is 34.1 Å². The average molecular weight is 713 g/mol. The van der Waals surface area contributed by atoms with Gasteiger partial charge in [0.1, 0.15) is 44.0 Å². The molecule has 0 spiro atoms. The highest BCUT2D eigenvalue weighted by molar-refractivity contribution is 7.86. The lowest BCUT2D eigenvalue weighted by Gasteiger charge is -2.11. The molecule has 0 unspecified atom stereocenters. The van der Waals surface area contributed by atoms with Crippen LogP contribution >= 0.6 is 0 Å². The maximum absolute atomic E-state index is 12.1. The van der Waals surface area contributed by atoms with Gasteiger partial charge in [-0.1, -0.05) is 60.7 Å². The second-order valence-corrected chi connectivity index (χ2v) is 13.6. The maximum Gasteiger partial charge on any atom is 0.295 e. The average Bonchev–Trinajstić information content (AvgIpc) is 3.10. The zero-order chi connectivity index (χ0) is 35.8. The van der Waals surface area contributed by atoms with Gasteiger partial charge in [-0.3, -0.25) is 9.11 Å². The van der Waals surface area contributed by atoms with Crippen LogP contribution in [-0.4, -0.2) is 40.2 Å². The van der Waals surface area contributed by atoms with Crippen molar-refractivity contribution in [3.8, 4) is 22.6 Å². The molecular formula is C34H28N6O8S2. The third-order valence-corrected chi connectivity index (χ3v) is 9.62. The van der Waals surface area contributed by atoms with Crippen molar-refractivity contribution in [1.29, 1.82) is 0 Å². The molecule has 50 heavy (non-hydrogen) atoms. The van der Waals surface area contributed by atoms with E-state index < -0.39 is 20.2 Å². The summed E-state index contributed by atoms with van der Waals surface area (Å²) < 4.78 is 79.1. The van der Waals surface area contributed by atoms with E-state index in [-0.39, 0.29) is 43.3 Å². The van der Waals surface area contributed by atoms with Gasteiger partial charge in [-0.15, -0.1) is 20.5 Å². The van der Waals surface area contributed by atoms with Crippen molar-refractivity contribution in [2.24, 2.45) is 20.5 Å². The van der Waals surface area contributed by atoms with Crippen molar-refractivity contribution in [1.82, 2.24) is 0 Å². The second-order valence-electron chi connectivity index (χ2n) is 10.8. The number of nitrogens with two attached hydrogens (primary N) is 2. The number of nitrogens with zero attached hydrogens (tertiary/aromatic N) is 4. The second kappa shape index (κ2) is 13.2. The predicted molar refractivity (Wildman–Crippen MR) is 190 cm³/mol. The van der Waals surface area contributed by atoms with Gasteiger partial charge < -0.3 is 20.9 Å². The van der Waals surface area contributed by atoms with Gasteiger partial charge in [-0.2, -0.15) is 16.8 Å². The van der Waals surface area contributed by atoms with E-state index in [2.05, 4.69) is 20.5 Å². The Labute approximate surface area is 286 Å². The number of hydrogen-bond donors (Lipinski definition) is 4. The Balaban J connectivity index is 1.32. The van der Waals surface area contributed by atoms with Crippen LogP contribution in [0.15, 0.2) is 127 Å². The first-order chi connectivity index (χ1) is 23.8. The smallest absolute Gasteiger partial charge is 0.295 e. The zero-order valence-corrected chi connectivity index (χ0v) is 28.0. The summed E-state index contributed by atoms with van der Waals surface area (Å²) in [5.41, 5.74) is 15.0. The lowest BCUT2D eigenvalue weighted by molar-refractivity contribution is 0.415. The lowest BCUT2D eigenvalue weighted by atomic mass is 10.0. The summed E-state index contributed by atoms with van der Waals surface area (Å²) in [4.78, 5) is -0.696. The van der Waals surface area contributed by atoms with E-state index in [4.69, 9.17) is 20.9 Å². The highest BCUT2D eigenvalue weighted by Gasteiger charge is 2.20. The normalized spacial score (nSPS) is 12.3. The van der Waals surface area contributed by atoms with Crippen molar-refractivity contribution in [2.45, 2.75) is 9.79 Å². The molecule has 16 heteroatoms. The van der Waals surface area contributed by atoms with Crippen LogP contribution < -0.4 is 20.9 Å². The Kier molecular flexibility index (Phi) is 8.94. The molecule has 0 atom stereocenters. The fraction of sp³-hybridized carbons (Fsp3) is 0.0588. The molecule has 0 aliphatic heterocycles. The summed E-state index contributed by atoms with van der Waals surface area (Å²) in [5.74, 6) is 0.675. The van der Waals surface area contributed by atoms with Crippen LogP contribution in [0.3, 0.4) is 0 Å². The molecule has 0 aliphatic carbocycles. The Morgan fingerprint density at radius 3 is 1.18 bits per heavy atom. The SMILES string of the molecule is COc1cc(-c2ccc(/N=N/c3cc(S(=O)(=O)O)c4ccccc4c3N)c(OC)c2)ccc1/N=N/c1cc(S(=O)(=O)O)c2ccccc2c1N. The van der Waals surface area contributed by atoms with Crippen LogP contribution in [0.2, 0.25) is 0 Å². The van der Waals surface area contributed by atoms with Gasteiger partial charge in [0.05, 0.1) is 25.6 Å². The van der Waals surface area contributed by atoms with Gasteiger partial charge in [0.15, 0.2) is 0 Å². The van der Waals surface area contributed by atoms with Crippen LogP contribution in [0.25, 0.3) is 32.7 Å². The van der Waals surface area contributed by atoms with E-state index in [0.717, 1.165) is 12.1 Å². The summed E-state index contributed by atoms with van der Waals surface area (Å²) >= 11 is 0. The van der Waals surface area contributed by atoms with Gasteiger partial charge in [-0.05, 0) is 47.5 Å². The maximum atomic E-state index is 12.1. The number of ether oxygens (including phenoxy) is 2. The van der Waals surface area contributed by atoms with Crippen molar-refractivity contribution >= 4 is 75.9 Å². The van der Waals surface area contributed by atoms with Crippen molar-refractivity contribution in [2.75, 3.05) is 25.7 Å². The van der Waals surface area contributed by atoms with E-state index in [1.54, 1.807) is 72.8 Å². The highest BCUT2D eigenvalue weighted by atomic mass is 32.2. The fourth-order valence-electron chi connectivity index (χ4n) is 5.39. The number of nitrogen functional groups attached to an aromatic ring is 2. The molecule has 6 rings (SSSR count). The summed E-state index contributed by atoms with van der Waals surface area (Å²) in [6, 6.07) is 25.5. The first-order valence-corrected chi connectivity index (χ1v) is 17.5. The standard InChI is InChI=1S/C34H28N6O8S2/c1-47-29-15-19(11-13-25(29)37-39-27-17-31(49(41,42)43)21-7-3-5-9-23(21)33(27)35)20-12-14-26(30(16-20)48-2)38-40-28-18-32(50(44,45)46)22-8-4-6-10-24(22)34(28)36/h3-18H,35-36H2,1-2H3,(H,41,42,43)(H,44,45,46)/b39-37+,40-38+. The molecule has 0 bridgehead atoms. The quantitative estimate of drug-likeness (QED) is 0.0638. The minimum Gasteiger partial charge on any atom is -0.494 e. The van der Waals surface area contributed by atoms with E-state index >= 15 is 0 Å². The predicted octanol–water partition coefficient (Wildman–Crippen LogP) is 8.17. The van der Waals surface area contributed by atoms with E-state index in [0.29, 0.717) is 44.8 Å². The monoisotopic (exact) mass is 712 g/mol. The minimum absolute atomic E-state index is 0.0385. The number of rotatable bonds is 9. The molecule has 6 aromatic rings. The Morgan fingerprint density at radius 2 is 0.840 bits per heavy atom. The third-order valence-electron chi connectivity index (χ3n) is 7.83. The molecular weight excluding hydrogens is 685 g/mol. The number of methoxy groups -OCH3 is 2. The topological polar surface area (TPSA) is 229 Å². The third kappa shape index (κ3) is 6.55. The van der Waals surface area contributed by atoms with E-state index in [1.807, 2.05) is 0 Å². The number of azo groups is 2. The van der Waals surface area contributed by atoms with Crippen molar-refractivity contribution in [3.63, 3.8) is 0 Å². The Morgan fingerprint density at radius 1 is 0.500 bits per heavy atom. The lowest BCUT2D eigenvalue weighted by Crippen LogP contribution is -2.01. The fourth-order valence-corrected chi connectivity index (χ4v) is 6.82. The number of benzene rings is 6. The zero-order valence-electron chi connectivity index (χ0n) is 26.3. The number of anilines is 2. The van der Waals surface area contributed by atoms with Crippen LogP contribution in [0.1, 0.15) is 0 Å². The molecule has 0 saturated heterocycles. The van der Waals surface area contributed by atoms with Crippen molar-refractivity contribution in [3.05, 3.63) is 97.1 Å². The summed E-state index contributed by atoms with van der Waals surface area (Å²) in [6.07, 6.45) is 0. The number of hydrogen-bond acceptors (Lipinski definition) is 12. The minimum atomic E-state index is -4.59. The summed E-state index contributed by atoms with van der Waals surface area (Å²) in [7, 11) is -6.27. The molecule has 6 aromatic carbocycles. The van der Waals surface area contributed by atoms with E-state index in [1.165, 1.54) is 26.4 Å². The molecule has 0 aliphatic rings. The van der Waals surface area contributed by atoms with Gasteiger partial charge >= 0.3 is 0 Å². The molecule has 0 radical (unpaired) electrons. The molecule has 0 aromatic heterocycles. The summed E-state index contributed by atoms with van der Waals surface area (Å²) in [5, 5.41) is 18.1. The molecule has 0 fully saturated rings. The molecule has 0 amide bonds. The first kappa shape index (κ1) is 33.9. The Hall–Kier alpha value is -5.94. The van der Waals surface area contributed by atoms with Gasteiger partial charge in [0.25, 0.3) is 20.2 Å². The van der Waals surface area contributed by atoms with Crippen LogP contribution in [0.5, 0.6) is 11.5 Å². The number of fused-ring (bicyclic) bond motifs is 2.